The molecule has 0 aliphatic carbocycles. The smallest absolute Gasteiger partial charge is 0.257 e. The monoisotopic (exact) mass is 298 g/mol. The van der Waals surface area contributed by atoms with Crippen LogP contribution in [0.4, 0.5) is 0 Å². The minimum absolute atomic E-state index is 0.499. The van der Waals surface area contributed by atoms with Crippen molar-refractivity contribution in [1.82, 2.24) is 10.3 Å². The third kappa shape index (κ3) is 4.21. The molecule has 2 aromatic rings. The van der Waals surface area contributed by atoms with E-state index in [0.29, 0.717) is 25.0 Å². The fraction of sp³-hybridized carbons (Fsp3) is 0.389. The van der Waals surface area contributed by atoms with Crippen molar-refractivity contribution in [1.29, 1.82) is 0 Å². The fourth-order valence-corrected chi connectivity index (χ4v) is 2.59. The minimum atomic E-state index is 0.499. The zero-order valence-electron chi connectivity index (χ0n) is 12.7. The maximum atomic E-state index is 5.94. The molecule has 3 rings (SSSR count). The lowest BCUT2D eigenvalue weighted by molar-refractivity contribution is 0.201. The van der Waals surface area contributed by atoms with Gasteiger partial charge in [-0.15, -0.1) is 0 Å². The van der Waals surface area contributed by atoms with E-state index in [9.17, 15) is 0 Å². The molecule has 22 heavy (non-hydrogen) atoms. The first-order valence-electron chi connectivity index (χ1n) is 7.87. The molecule has 1 aliphatic rings. The first kappa shape index (κ1) is 14.9. The molecule has 1 fully saturated rings. The molecule has 1 saturated heterocycles. The number of hydrogen-bond acceptors (Lipinski definition) is 4. The highest BCUT2D eigenvalue weighted by molar-refractivity contribution is 5.32. The molecule has 1 atom stereocenters. The Bertz CT molecular complexity index is 568. The van der Waals surface area contributed by atoms with E-state index >= 15 is 0 Å². The topological polar surface area (TPSA) is 43.4 Å². The minimum Gasteiger partial charge on any atom is -0.488 e. The van der Waals surface area contributed by atoms with E-state index in [1.54, 1.807) is 6.20 Å². The SMILES string of the molecule is c1ccc(COc2ncccc2OC[C@H]2CCCNC2)cc1. The van der Waals surface area contributed by atoms with Gasteiger partial charge in [0.05, 0.1) is 6.61 Å². The summed E-state index contributed by atoms with van der Waals surface area (Å²) in [6.07, 6.45) is 4.17. The summed E-state index contributed by atoms with van der Waals surface area (Å²) in [6, 6.07) is 13.9. The maximum Gasteiger partial charge on any atom is 0.257 e. The first-order chi connectivity index (χ1) is 10.9. The van der Waals surface area contributed by atoms with Gasteiger partial charge in [0.25, 0.3) is 5.88 Å². The van der Waals surface area contributed by atoms with Gasteiger partial charge in [0.15, 0.2) is 5.75 Å². The van der Waals surface area contributed by atoms with Gasteiger partial charge in [0.2, 0.25) is 0 Å². The average molecular weight is 298 g/mol. The summed E-state index contributed by atoms with van der Waals surface area (Å²) in [4.78, 5) is 4.29. The van der Waals surface area contributed by atoms with E-state index in [1.165, 1.54) is 12.8 Å². The summed E-state index contributed by atoms with van der Waals surface area (Å²) in [5, 5.41) is 3.41. The van der Waals surface area contributed by atoms with Gasteiger partial charge in [-0.05, 0) is 37.1 Å². The third-order valence-corrected chi connectivity index (χ3v) is 3.83. The lowest BCUT2D eigenvalue weighted by atomic mass is 10.0. The Kier molecular flexibility index (Phi) is 5.27. The van der Waals surface area contributed by atoms with Crippen LogP contribution in [0.1, 0.15) is 18.4 Å². The second-order valence-electron chi connectivity index (χ2n) is 5.60. The van der Waals surface area contributed by atoms with Crippen LogP contribution in [0.2, 0.25) is 0 Å². The molecule has 4 nitrogen and oxygen atoms in total. The van der Waals surface area contributed by atoms with Crippen LogP contribution in [0.5, 0.6) is 11.6 Å². The van der Waals surface area contributed by atoms with Crippen LogP contribution in [-0.4, -0.2) is 24.7 Å². The second kappa shape index (κ2) is 7.80. The summed E-state index contributed by atoms with van der Waals surface area (Å²) >= 11 is 0. The van der Waals surface area contributed by atoms with E-state index < -0.39 is 0 Å². The molecule has 1 aliphatic heterocycles. The highest BCUT2D eigenvalue weighted by Crippen LogP contribution is 2.25. The molecule has 0 amide bonds. The van der Waals surface area contributed by atoms with E-state index in [2.05, 4.69) is 10.3 Å². The number of ether oxygens (including phenoxy) is 2. The van der Waals surface area contributed by atoms with Crippen molar-refractivity contribution in [2.45, 2.75) is 19.4 Å². The van der Waals surface area contributed by atoms with Gasteiger partial charge < -0.3 is 14.8 Å². The van der Waals surface area contributed by atoms with E-state index in [-0.39, 0.29) is 0 Å². The average Bonchev–Trinajstić information content (AvgIpc) is 2.61. The van der Waals surface area contributed by atoms with Crippen molar-refractivity contribution in [3.05, 3.63) is 54.2 Å². The van der Waals surface area contributed by atoms with Crippen LogP contribution in [-0.2, 0) is 6.61 Å². The van der Waals surface area contributed by atoms with E-state index in [1.807, 2.05) is 42.5 Å². The van der Waals surface area contributed by atoms with Crippen molar-refractivity contribution in [3.63, 3.8) is 0 Å². The van der Waals surface area contributed by atoms with Gasteiger partial charge in [0, 0.05) is 18.7 Å². The number of nitrogens with one attached hydrogen (secondary N) is 1. The zero-order chi connectivity index (χ0) is 15.0. The van der Waals surface area contributed by atoms with Gasteiger partial charge in [-0.25, -0.2) is 4.98 Å². The highest BCUT2D eigenvalue weighted by Gasteiger charge is 2.15. The summed E-state index contributed by atoms with van der Waals surface area (Å²) in [5.74, 6) is 1.86. The van der Waals surface area contributed by atoms with Crippen molar-refractivity contribution >= 4 is 0 Å². The summed E-state index contributed by atoms with van der Waals surface area (Å²) < 4.78 is 11.7. The molecule has 0 spiro atoms. The number of pyridine rings is 1. The van der Waals surface area contributed by atoms with Gasteiger partial charge in [0.1, 0.15) is 6.61 Å². The van der Waals surface area contributed by atoms with Gasteiger partial charge in [-0.2, -0.15) is 0 Å². The molecule has 2 heterocycles. The van der Waals surface area contributed by atoms with Gasteiger partial charge in [-0.1, -0.05) is 30.3 Å². The normalized spacial score (nSPS) is 17.9. The molecule has 0 unspecified atom stereocenters. The highest BCUT2D eigenvalue weighted by atomic mass is 16.5. The summed E-state index contributed by atoms with van der Waals surface area (Å²) in [6.45, 7) is 3.36. The predicted molar refractivity (Wildman–Crippen MR) is 86.1 cm³/mol. The predicted octanol–water partition coefficient (Wildman–Crippen LogP) is 3.04. The molecule has 116 valence electrons. The molecule has 0 bridgehead atoms. The largest absolute Gasteiger partial charge is 0.488 e. The van der Waals surface area contributed by atoms with Crippen LogP contribution in [0, 0.1) is 5.92 Å². The van der Waals surface area contributed by atoms with Gasteiger partial charge >= 0.3 is 0 Å². The van der Waals surface area contributed by atoms with E-state index in [0.717, 1.165) is 24.4 Å². The molecule has 0 saturated carbocycles. The number of hydrogen-bond donors (Lipinski definition) is 1. The Morgan fingerprint density at radius 3 is 2.82 bits per heavy atom. The van der Waals surface area contributed by atoms with Crippen LogP contribution in [0.25, 0.3) is 0 Å². The van der Waals surface area contributed by atoms with E-state index in [4.69, 9.17) is 9.47 Å². The van der Waals surface area contributed by atoms with Crippen molar-refractivity contribution in [2.75, 3.05) is 19.7 Å². The molecule has 1 aromatic carbocycles. The number of rotatable bonds is 6. The molecule has 4 heteroatoms. The van der Waals surface area contributed by atoms with Crippen LogP contribution >= 0.6 is 0 Å². The lowest BCUT2D eigenvalue weighted by Crippen LogP contribution is -2.33. The quantitative estimate of drug-likeness (QED) is 0.890. The van der Waals surface area contributed by atoms with Crippen molar-refractivity contribution < 1.29 is 9.47 Å². The molecule has 0 radical (unpaired) electrons. The number of benzene rings is 1. The Morgan fingerprint density at radius 1 is 1.09 bits per heavy atom. The third-order valence-electron chi connectivity index (χ3n) is 3.83. The molecule has 1 N–H and O–H groups in total. The van der Waals surface area contributed by atoms with Crippen molar-refractivity contribution in [3.8, 4) is 11.6 Å². The second-order valence-corrected chi connectivity index (χ2v) is 5.60. The standard InChI is InChI=1S/C18H22N2O2/c1-2-6-15(7-3-1)13-22-18-17(9-5-11-20-18)21-14-16-8-4-10-19-12-16/h1-3,5-7,9,11,16,19H,4,8,10,12-14H2/t16-/m0/s1. The van der Waals surface area contributed by atoms with Gasteiger partial charge in [-0.3, -0.25) is 0 Å². The number of aromatic nitrogens is 1. The maximum absolute atomic E-state index is 5.94. The van der Waals surface area contributed by atoms with Crippen LogP contribution in [0.3, 0.4) is 0 Å². The number of nitrogens with zero attached hydrogens (tertiary/aromatic N) is 1. The summed E-state index contributed by atoms with van der Waals surface area (Å²) in [7, 11) is 0. The Labute approximate surface area is 131 Å². The first-order valence-corrected chi connectivity index (χ1v) is 7.87. The Hall–Kier alpha value is -2.07. The van der Waals surface area contributed by atoms with Crippen LogP contribution in [0.15, 0.2) is 48.7 Å². The zero-order valence-corrected chi connectivity index (χ0v) is 12.7. The molecular formula is C18H22N2O2. The fourth-order valence-electron chi connectivity index (χ4n) is 2.59. The lowest BCUT2D eigenvalue weighted by Gasteiger charge is -2.23. The Balaban J connectivity index is 1.57. The van der Waals surface area contributed by atoms with Crippen LogP contribution < -0.4 is 14.8 Å². The van der Waals surface area contributed by atoms with Crippen molar-refractivity contribution in [2.24, 2.45) is 5.92 Å². The Morgan fingerprint density at radius 2 is 2.00 bits per heavy atom. The molecule has 1 aromatic heterocycles. The molecular weight excluding hydrogens is 276 g/mol. The number of piperidine rings is 1. The summed E-state index contributed by atoms with van der Waals surface area (Å²) in [5.41, 5.74) is 1.12.